The van der Waals surface area contributed by atoms with Crippen LogP contribution in [0.2, 0.25) is 0 Å². The van der Waals surface area contributed by atoms with Crippen LogP contribution in [0.15, 0.2) is 5.16 Å². The Labute approximate surface area is 431 Å². The number of methoxy groups -OCH3 is 1. The van der Waals surface area contributed by atoms with Crippen molar-refractivity contribution in [3.05, 3.63) is 0 Å². The topological polar surface area (TPSA) is 223 Å². The lowest BCUT2D eigenvalue weighted by Crippen LogP contribution is -2.62. The van der Waals surface area contributed by atoms with E-state index in [1.54, 1.807) is 41.5 Å². The fourth-order valence-electron chi connectivity index (χ4n) is 11.9. The van der Waals surface area contributed by atoms with Gasteiger partial charge < -0.3 is 68.3 Å². The molecule has 0 aromatic rings. The van der Waals surface area contributed by atoms with E-state index in [-0.39, 0.29) is 31.4 Å². The Morgan fingerprint density at radius 2 is 1.56 bits per heavy atom. The van der Waals surface area contributed by atoms with Gasteiger partial charge in [0.05, 0.1) is 53.8 Å². The zero-order chi connectivity index (χ0) is 53.7. The summed E-state index contributed by atoms with van der Waals surface area (Å²) in [5.41, 5.74) is -4.45. The number of oxime groups is 1. The van der Waals surface area contributed by atoms with Gasteiger partial charge in [-0.1, -0.05) is 84.7 Å². The van der Waals surface area contributed by atoms with Crippen molar-refractivity contribution in [3.8, 4) is 0 Å². The molecule has 4 aliphatic rings. The fraction of sp³-hybridized carbons (Fsp3) is 0.926. The Morgan fingerprint density at radius 3 is 2.17 bits per heavy atom. The first-order valence-corrected chi connectivity index (χ1v) is 27.3. The lowest BCUT2D eigenvalue weighted by molar-refractivity contribution is -0.318. The van der Waals surface area contributed by atoms with E-state index < -0.39 is 114 Å². The van der Waals surface area contributed by atoms with E-state index in [9.17, 15) is 29.7 Å². The van der Waals surface area contributed by atoms with Gasteiger partial charge in [-0.15, -0.1) is 0 Å². The van der Waals surface area contributed by atoms with Crippen molar-refractivity contribution in [2.45, 2.75) is 257 Å². The van der Waals surface area contributed by atoms with E-state index >= 15 is 0 Å². The number of nitrogens with one attached hydrogen (secondary N) is 1. The molecule has 18 heteroatoms. The maximum atomic E-state index is 14.7. The lowest BCUT2D eigenvalue weighted by Gasteiger charge is -2.49. The van der Waals surface area contributed by atoms with Crippen LogP contribution in [0.3, 0.4) is 0 Å². The summed E-state index contributed by atoms with van der Waals surface area (Å²) in [6.45, 7) is 21.6. The number of ether oxygens (including phenoxy) is 8. The summed E-state index contributed by atoms with van der Waals surface area (Å²) in [6, 6.07) is -0.358. The Kier molecular flexibility index (Phi) is 24.0. The molecule has 3 saturated heterocycles. The van der Waals surface area contributed by atoms with Gasteiger partial charge in [-0.25, -0.2) is 4.79 Å². The minimum atomic E-state index is -1.96. The lowest BCUT2D eigenvalue weighted by atomic mass is 9.73. The fourth-order valence-corrected chi connectivity index (χ4v) is 11.9. The number of aliphatic hydroxyl groups is 3. The molecule has 72 heavy (non-hydrogen) atoms. The third kappa shape index (κ3) is 16.4. The van der Waals surface area contributed by atoms with Gasteiger partial charge >= 0.3 is 18.0 Å². The van der Waals surface area contributed by atoms with Gasteiger partial charge in [0.2, 0.25) is 0 Å². The molecule has 1 amide bonds. The summed E-state index contributed by atoms with van der Waals surface area (Å²) < 4.78 is 51.2. The van der Waals surface area contributed by atoms with Gasteiger partial charge in [-0.05, 0) is 100 Å². The molecule has 4 rings (SSSR count). The molecule has 2 unspecified atom stereocenters. The smallest absolute Gasteiger partial charge is 0.407 e. The van der Waals surface area contributed by atoms with Crippen molar-refractivity contribution in [2.75, 3.05) is 34.4 Å². The van der Waals surface area contributed by atoms with Crippen molar-refractivity contribution >= 4 is 23.7 Å². The first-order chi connectivity index (χ1) is 33.8. The van der Waals surface area contributed by atoms with Gasteiger partial charge in [0.15, 0.2) is 24.8 Å². The second-order valence-corrected chi connectivity index (χ2v) is 22.7. The molecule has 1 aliphatic carbocycles. The Balaban J connectivity index is 1.87. The maximum absolute atomic E-state index is 14.7. The summed E-state index contributed by atoms with van der Waals surface area (Å²) in [4.78, 5) is 48.6. The monoisotopic (exact) mass is 1030 g/mol. The highest BCUT2D eigenvalue weighted by molar-refractivity contribution is 5.88. The molecule has 0 aromatic heterocycles. The summed E-state index contributed by atoms with van der Waals surface area (Å²) in [5.74, 6) is -4.03. The predicted molar refractivity (Wildman–Crippen MR) is 272 cm³/mol. The normalized spacial score (nSPS) is 40.5. The number of carbonyl (C=O) groups is 3. The summed E-state index contributed by atoms with van der Waals surface area (Å²) in [6.07, 6.45) is 0.659. The summed E-state index contributed by atoms with van der Waals surface area (Å²) in [7, 11) is 5.31. The average Bonchev–Trinajstić information content (AvgIpc) is 3.32. The van der Waals surface area contributed by atoms with Crippen molar-refractivity contribution in [3.63, 3.8) is 0 Å². The highest BCUT2D eigenvalue weighted by atomic mass is 16.7. The molecule has 1 saturated carbocycles. The third-order valence-corrected chi connectivity index (χ3v) is 16.1. The third-order valence-electron chi connectivity index (χ3n) is 16.1. The molecule has 0 radical (unpaired) electrons. The number of cyclic esters (lactones) is 1. The molecule has 4 N–H and O–H groups in total. The number of hydrogen-bond donors (Lipinski definition) is 4. The van der Waals surface area contributed by atoms with Crippen molar-refractivity contribution in [2.24, 2.45) is 34.7 Å². The number of rotatable bonds is 18. The second-order valence-electron chi connectivity index (χ2n) is 22.7. The van der Waals surface area contributed by atoms with Gasteiger partial charge in [-0.3, -0.25) is 9.59 Å². The van der Waals surface area contributed by atoms with Gasteiger partial charge in [0.1, 0.15) is 23.9 Å². The highest BCUT2D eigenvalue weighted by Gasteiger charge is 2.55. The van der Waals surface area contributed by atoms with Crippen molar-refractivity contribution < 1.29 is 72.4 Å². The Bertz CT molecular complexity index is 1710. The van der Waals surface area contributed by atoms with Gasteiger partial charge in [0, 0.05) is 44.8 Å². The van der Waals surface area contributed by atoms with Crippen LogP contribution >= 0.6 is 0 Å². The number of likely N-dealkylation sites (N-methyl/N-ethyl adjacent to an activating group) is 1. The zero-order valence-electron chi connectivity index (χ0n) is 46.7. The molecule has 0 spiro atoms. The van der Waals surface area contributed by atoms with Crippen LogP contribution in [-0.4, -0.2) is 163 Å². The predicted octanol–water partition coefficient (Wildman–Crippen LogP) is 7.44. The molecule has 418 valence electrons. The Hall–Kier alpha value is -2.68. The number of esters is 2. The largest absolute Gasteiger partial charge is 0.459 e. The number of carbonyl (C=O) groups excluding carboxylic acids is 3. The second kappa shape index (κ2) is 27.9. The van der Waals surface area contributed by atoms with E-state index in [1.165, 1.54) is 53.1 Å². The van der Waals surface area contributed by atoms with Crippen LogP contribution in [-0.2, 0) is 52.3 Å². The molecule has 4 fully saturated rings. The van der Waals surface area contributed by atoms with Gasteiger partial charge in [0.25, 0.3) is 0 Å². The van der Waals surface area contributed by atoms with Crippen LogP contribution in [0.1, 0.15) is 173 Å². The number of amides is 1. The number of nitrogens with zero attached hydrogens (tertiary/aromatic N) is 2. The van der Waals surface area contributed by atoms with E-state index in [2.05, 4.69) is 17.4 Å². The van der Waals surface area contributed by atoms with Crippen molar-refractivity contribution in [1.82, 2.24) is 10.2 Å². The first kappa shape index (κ1) is 61.9. The van der Waals surface area contributed by atoms with E-state index in [0.29, 0.717) is 31.2 Å². The minimum Gasteiger partial charge on any atom is -0.459 e. The maximum Gasteiger partial charge on any atom is 0.407 e. The van der Waals surface area contributed by atoms with Crippen LogP contribution in [0.25, 0.3) is 0 Å². The number of aliphatic hydroxyl groups excluding tert-OH is 1. The number of unbranched alkanes of at least 4 members (excludes halogenated alkanes) is 2. The van der Waals surface area contributed by atoms with Crippen LogP contribution in [0, 0.1) is 29.6 Å². The molecule has 0 aromatic carbocycles. The Morgan fingerprint density at radius 1 is 0.875 bits per heavy atom. The van der Waals surface area contributed by atoms with Gasteiger partial charge in [-0.2, -0.15) is 0 Å². The highest BCUT2D eigenvalue weighted by Crippen LogP contribution is 2.42. The molecule has 3 aliphatic heterocycles. The minimum absolute atomic E-state index is 0.0141. The number of hydrogen-bond acceptors (Lipinski definition) is 17. The number of alkyl carbamates (subject to hydrolysis) is 1. The van der Waals surface area contributed by atoms with E-state index in [0.717, 1.165) is 32.1 Å². The average molecular weight is 1030 g/mol. The molecule has 3 heterocycles. The standard InChI is InChI=1S/C54H97N3O15/c1-16-18-22-27-55-51(61)71-45-40(57(13)14)29-33(4)66-50(45)72-47-35(6)44(70-42-31-53(11,64-15)48(37(8)67-42)68-38(9)58)36(7)49(60)69-41(17-2)54(12,63)46(59)34(5)43(32(3)30-52(47,10)62)56-65-28-23-26-39-24-20-19-21-25-39/h32-37,39-42,44-48,50,59,62-63H,16-31H2,1-15H3,(H,55,61)/b56-43+/t32-,33-,34+,35+,36-,37+,40+,41-,42+,44+,45-,46-,47-,48+,50?,52?,53-,54-/m1/s1. The van der Waals surface area contributed by atoms with Crippen LogP contribution in [0.4, 0.5) is 4.79 Å². The molecule has 18 nitrogen and oxygen atoms in total. The van der Waals surface area contributed by atoms with E-state index in [1.807, 2.05) is 39.8 Å². The van der Waals surface area contributed by atoms with E-state index in [4.69, 9.17) is 42.7 Å². The molecular formula is C54H97N3O15. The summed E-state index contributed by atoms with van der Waals surface area (Å²) >= 11 is 0. The van der Waals surface area contributed by atoms with Crippen LogP contribution in [0.5, 0.6) is 0 Å². The first-order valence-electron chi connectivity index (χ1n) is 27.3. The summed E-state index contributed by atoms with van der Waals surface area (Å²) in [5, 5.41) is 45.2. The van der Waals surface area contributed by atoms with Crippen LogP contribution < -0.4 is 5.32 Å². The quantitative estimate of drug-likeness (QED) is 0.0453. The SMILES string of the molecule is CCCCCNC(=O)O[C@H]1C(O[C@@H]2[C@@H](C)[C@H](O[C@H]3C[C@@](C)(OC)[C@@H](OC(C)=O)[C@H](C)O3)[C@@H](C)C(=O)O[C@H](CC)[C@@](C)(O)[C@H](O)[C@@H](C)/C(=N/OCCCC3CCCCC3)[C@H](C)CC2(C)O)O[C@H](C)C[C@@H]1N(C)C. The molecular weight excluding hydrogens is 931 g/mol. The molecule has 0 bridgehead atoms. The molecule has 18 atom stereocenters. The zero-order valence-corrected chi connectivity index (χ0v) is 46.7. The van der Waals surface area contributed by atoms with Crippen molar-refractivity contribution in [1.29, 1.82) is 0 Å².